The van der Waals surface area contributed by atoms with Gasteiger partial charge in [-0.25, -0.2) is 9.59 Å². The van der Waals surface area contributed by atoms with Crippen LogP contribution in [0.15, 0.2) is 29.3 Å². The molecule has 40 heavy (non-hydrogen) atoms. The third-order valence-electron chi connectivity index (χ3n) is 7.21. The van der Waals surface area contributed by atoms with E-state index in [-0.39, 0.29) is 42.9 Å². The molecule has 2 aliphatic rings. The molecule has 2 aliphatic heterocycles. The Morgan fingerprint density at radius 2 is 1.93 bits per heavy atom. The van der Waals surface area contributed by atoms with Crippen LogP contribution in [-0.2, 0) is 35.3 Å². The van der Waals surface area contributed by atoms with Gasteiger partial charge in [0, 0.05) is 36.5 Å². The zero-order valence-corrected chi connectivity index (χ0v) is 24.1. The van der Waals surface area contributed by atoms with E-state index in [4.69, 9.17) is 21.1 Å². The molecular weight excluding hydrogens is 540 g/mol. The van der Waals surface area contributed by atoms with Crippen molar-refractivity contribution in [1.29, 1.82) is 0 Å². The number of amides is 4. The standard InChI is InChI=1S/C28H37ClN4O7/c1-17(2)12-22(31-27(38)40-16-19-6-5-7-21(29)13-19)25(36)30-23(26(37)39-4)14-20-15-28(32-24(20)35)8-10-33(11-9-28)18(3)34/h5-7,13,17,20,23H,8-12,14-16H2,1-4H3,(H,30,36)(H,32,35)/b31-22+. The van der Waals surface area contributed by atoms with Crippen molar-refractivity contribution in [3.05, 3.63) is 34.9 Å². The van der Waals surface area contributed by atoms with Gasteiger partial charge in [-0.1, -0.05) is 37.6 Å². The Kier molecular flexibility index (Phi) is 10.7. The van der Waals surface area contributed by atoms with Crippen molar-refractivity contribution in [2.45, 2.75) is 71.1 Å². The number of benzene rings is 1. The Labute approximate surface area is 239 Å². The van der Waals surface area contributed by atoms with Crippen LogP contribution in [0.3, 0.4) is 0 Å². The van der Waals surface area contributed by atoms with Gasteiger partial charge in [-0.15, -0.1) is 0 Å². The molecule has 2 heterocycles. The Morgan fingerprint density at radius 3 is 2.52 bits per heavy atom. The van der Waals surface area contributed by atoms with Crippen LogP contribution in [0.25, 0.3) is 0 Å². The second kappa shape index (κ2) is 13.7. The minimum atomic E-state index is -1.12. The van der Waals surface area contributed by atoms with E-state index >= 15 is 0 Å². The van der Waals surface area contributed by atoms with Crippen LogP contribution in [0.2, 0.25) is 5.02 Å². The second-order valence-corrected chi connectivity index (χ2v) is 11.2. The van der Waals surface area contributed by atoms with Crippen LogP contribution in [0.1, 0.15) is 58.4 Å². The van der Waals surface area contributed by atoms with Gasteiger partial charge >= 0.3 is 12.1 Å². The molecule has 2 fully saturated rings. The number of nitrogens with zero attached hydrogens (tertiary/aromatic N) is 2. The number of nitrogens with one attached hydrogen (secondary N) is 2. The van der Waals surface area contributed by atoms with Gasteiger partial charge in [-0.05, 0) is 55.7 Å². The fourth-order valence-electron chi connectivity index (χ4n) is 5.12. The molecule has 0 aromatic heterocycles. The summed E-state index contributed by atoms with van der Waals surface area (Å²) < 4.78 is 10.1. The number of halogens is 1. The number of hydrogen-bond acceptors (Lipinski definition) is 7. The van der Waals surface area contributed by atoms with Crippen molar-refractivity contribution < 1.29 is 33.4 Å². The van der Waals surface area contributed by atoms with E-state index in [0.717, 1.165) is 0 Å². The highest BCUT2D eigenvalue weighted by molar-refractivity contribution is 6.40. The van der Waals surface area contributed by atoms with Crippen molar-refractivity contribution in [3.8, 4) is 0 Å². The van der Waals surface area contributed by atoms with E-state index in [1.165, 1.54) is 14.0 Å². The fourth-order valence-corrected chi connectivity index (χ4v) is 5.33. The molecule has 12 heteroatoms. The minimum Gasteiger partial charge on any atom is -0.467 e. The summed E-state index contributed by atoms with van der Waals surface area (Å²) in [5.74, 6) is -2.20. The molecule has 1 aromatic carbocycles. The van der Waals surface area contributed by atoms with E-state index in [0.29, 0.717) is 42.9 Å². The molecule has 2 unspecified atom stereocenters. The van der Waals surface area contributed by atoms with Crippen LogP contribution in [0.4, 0.5) is 4.79 Å². The number of esters is 1. The summed E-state index contributed by atoms with van der Waals surface area (Å²) in [4.78, 5) is 68.5. The number of piperidine rings is 1. The first-order chi connectivity index (χ1) is 18.9. The molecule has 1 spiro atoms. The maximum absolute atomic E-state index is 13.2. The highest BCUT2D eigenvalue weighted by Gasteiger charge is 2.47. The highest BCUT2D eigenvalue weighted by Crippen LogP contribution is 2.36. The summed E-state index contributed by atoms with van der Waals surface area (Å²) in [6.07, 6.45) is 0.944. The average Bonchev–Trinajstić information content (AvgIpc) is 3.19. The zero-order valence-electron chi connectivity index (χ0n) is 23.3. The van der Waals surface area contributed by atoms with Crippen molar-refractivity contribution in [2.75, 3.05) is 20.2 Å². The molecule has 2 atom stereocenters. The molecule has 0 saturated carbocycles. The lowest BCUT2D eigenvalue weighted by Gasteiger charge is -2.39. The minimum absolute atomic E-state index is 0.00333. The molecule has 0 radical (unpaired) electrons. The number of rotatable bonds is 9. The Morgan fingerprint density at radius 1 is 1.23 bits per heavy atom. The van der Waals surface area contributed by atoms with Gasteiger partial charge in [-0.2, -0.15) is 4.99 Å². The Bertz CT molecular complexity index is 1160. The molecule has 2 saturated heterocycles. The van der Waals surface area contributed by atoms with E-state index < -0.39 is 35.5 Å². The molecule has 2 N–H and O–H groups in total. The number of carbonyl (C=O) groups excluding carboxylic acids is 5. The monoisotopic (exact) mass is 576 g/mol. The first-order valence-electron chi connectivity index (χ1n) is 13.4. The van der Waals surface area contributed by atoms with Gasteiger partial charge in [0.15, 0.2) is 0 Å². The Balaban J connectivity index is 1.67. The second-order valence-electron chi connectivity index (χ2n) is 10.8. The lowest BCUT2D eigenvalue weighted by atomic mass is 9.82. The predicted octanol–water partition coefficient (Wildman–Crippen LogP) is 3.03. The summed E-state index contributed by atoms with van der Waals surface area (Å²) in [7, 11) is 1.20. The predicted molar refractivity (Wildman–Crippen MR) is 148 cm³/mol. The van der Waals surface area contributed by atoms with Gasteiger partial charge in [-0.3, -0.25) is 14.4 Å². The molecule has 0 bridgehead atoms. The highest BCUT2D eigenvalue weighted by atomic mass is 35.5. The van der Waals surface area contributed by atoms with Crippen molar-refractivity contribution in [3.63, 3.8) is 0 Å². The SMILES string of the molecule is COC(=O)C(CC1CC2(CCN(C(C)=O)CC2)NC1=O)NC(=O)/C(CC(C)C)=N/C(=O)OCc1cccc(Cl)c1. The number of ether oxygens (including phenoxy) is 2. The molecular formula is C28H37ClN4O7. The number of carbonyl (C=O) groups is 5. The van der Waals surface area contributed by atoms with Crippen LogP contribution in [0, 0.1) is 11.8 Å². The number of hydrogen-bond donors (Lipinski definition) is 2. The summed E-state index contributed by atoms with van der Waals surface area (Å²) in [6.45, 7) is 6.25. The van der Waals surface area contributed by atoms with Crippen molar-refractivity contribution in [2.24, 2.45) is 16.8 Å². The van der Waals surface area contributed by atoms with E-state index in [2.05, 4.69) is 15.6 Å². The maximum atomic E-state index is 13.2. The molecule has 0 aliphatic carbocycles. The number of likely N-dealkylation sites (tertiary alicyclic amines) is 1. The van der Waals surface area contributed by atoms with Gasteiger partial charge in [0.2, 0.25) is 11.8 Å². The maximum Gasteiger partial charge on any atom is 0.434 e. The summed E-state index contributed by atoms with van der Waals surface area (Å²) >= 11 is 5.96. The topological polar surface area (TPSA) is 143 Å². The normalized spacial score (nSPS) is 19.2. The molecule has 11 nitrogen and oxygen atoms in total. The van der Waals surface area contributed by atoms with Crippen molar-refractivity contribution in [1.82, 2.24) is 15.5 Å². The van der Waals surface area contributed by atoms with Crippen LogP contribution in [0.5, 0.6) is 0 Å². The average molecular weight is 577 g/mol. The zero-order chi connectivity index (χ0) is 29.4. The fraction of sp³-hybridized carbons (Fsp3) is 0.571. The molecule has 1 aromatic rings. The van der Waals surface area contributed by atoms with Gasteiger partial charge < -0.3 is 25.0 Å². The third-order valence-corrected chi connectivity index (χ3v) is 7.45. The number of methoxy groups -OCH3 is 1. The smallest absolute Gasteiger partial charge is 0.434 e. The van der Waals surface area contributed by atoms with Crippen LogP contribution < -0.4 is 10.6 Å². The first-order valence-corrected chi connectivity index (χ1v) is 13.7. The van der Waals surface area contributed by atoms with E-state index in [9.17, 15) is 24.0 Å². The van der Waals surface area contributed by atoms with E-state index in [1.54, 1.807) is 29.2 Å². The molecule has 218 valence electrons. The lowest BCUT2D eigenvalue weighted by molar-refractivity contribution is -0.145. The lowest BCUT2D eigenvalue weighted by Crippen LogP contribution is -2.51. The van der Waals surface area contributed by atoms with Crippen molar-refractivity contribution >= 4 is 47.1 Å². The Hall–Kier alpha value is -3.47. The van der Waals surface area contributed by atoms with Gasteiger partial charge in [0.25, 0.3) is 5.91 Å². The first kappa shape index (κ1) is 31.1. The molecule has 4 amide bonds. The molecule has 3 rings (SSSR count). The summed E-state index contributed by atoms with van der Waals surface area (Å²) in [6, 6.07) is 5.68. The summed E-state index contributed by atoms with van der Waals surface area (Å²) in [5.41, 5.74) is 0.121. The summed E-state index contributed by atoms with van der Waals surface area (Å²) in [5, 5.41) is 6.18. The van der Waals surface area contributed by atoms with Gasteiger partial charge in [0.05, 0.1) is 7.11 Å². The number of aliphatic imine (C=N–C) groups is 1. The van der Waals surface area contributed by atoms with Crippen LogP contribution in [-0.4, -0.2) is 72.2 Å². The van der Waals surface area contributed by atoms with E-state index in [1.807, 2.05) is 13.8 Å². The third kappa shape index (κ3) is 8.51. The largest absolute Gasteiger partial charge is 0.467 e. The van der Waals surface area contributed by atoms with Crippen LogP contribution >= 0.6 is 11.6 Å². The van der Waals surface area contributed by atoms with Gasteiger partial charge in [0.1, 0.15) is 18.4 Å². The quantitative estimate of drug-likeness (QED) is 0.340.